The minimum Gasteiger partial charge on any atom is -0.341 e. The van der Waals surface area contributed by atoms with Crippen LogP contribution in [-0.4, -0.2) is 50.9 Å². The van der Waals surface area contributed by atoms with Crippen molar-refractivity contribution in [3.05, 3.63) is 29.7 Å². The number of aryl methyl sites for hydroxylation is 2. The lowest BCUT2D eigenvalue weighted by atomic mass is 9.96. The molecular weight excluding hydrogens is 296 g/mol. The van der Waals surface area contributed by atoms with Crippen molar-refractivity contribution in [3.8, 4) is 0 Å². The molecule has 0 aliphatic carbocycles. The molecule has 1 unspecified atom stereocenters. The third kappa shape index (κ3) is 3.26. The van der Waals surface area contributed by atoms with E-state index in [1.807, 2.05) is 25.1 Å². The third-order valence-corrected chi connectivity index (χ3v) is 4.29. The molecule has 0 bridgehead atoms. The van der Waals surface area contributed by atoms with Gasteiger partial charge in [0, 0.05) is 37.8 Å². The Labute approximate surface area is 134 Å². The van der Waals surface area contributed by atoms with Gasteiger partial charge in [0.2, 0.25) is 11.8 Å². The Balaban J connectivity index is 1.63. The van der Waals surface area contributed by atoms with E-state index in [0.29, 0.717) is 24.8 Å². The zero-order valence-electron chi connectivity index (χ0n) is 13.7. The lowest BCUT2D eigenvalue weighted by Gasteiger charge is -2.32. The SMILES string of the molecule is CNC(C(=O)N1CCC(c2nc(C)no2)CC1)c1cnn(C)c1. The molecule has 1 aliphatic rings. The number of carbonyl (C=O) groups excluding carboxylic acids is 1. The van der Waals surface area contributed by atoms with Crippen molar-refractivity contribution in [2.75, 3.05) is 20.1 Å². The summed E-state index contributed by atoms with van der Waals surface area (Å²) in [7, 11) is 3.64. The summed E-state index contributed by atoms with van der Waals surface area (Å²) in [4.78, 5) is 19.0. The molecule has 0 saturated carbocycles. The summed E-state index contributed by atoms with van der Waals surface area (Å²) in [5.74, 6) is 1.67. The van der Waals surface area contributed by atoms with Crippen molar-refractivity contribution >= 4 is 5.91 Å². The molecule has 1 saturated heterocycles. The molecule has 3 rings (SSSR count). The second-order valence-electron chi connectivity index (χ2n) is 5.95. The van der Waals surface area contributed by atoms with Gasteiger partial charge in [-0.05, 0) is 26.8 Å². The van der Waals surface area contributed by atoms with Crippen LogP contribution in [0.5, 0.6) is 0 Å². The van der Waals surface area contributed by atoms with Crippen molar-refractivity contribution in [1.29, 1.82) is 0 Å². The smallest absolute Gasteiger partial charge is 0.244 e. The quantitative estimate of drug-likeness (QED) is 0.896. The van der Waals surface area contributed by atoms with E-state index in [-0.39, 0.29) is 17.9 Å². The maximum atomic E-state index is 12.8. The Morgan fingerprint density at radius 2 is 2.17 bits per heavy atom. The summed E-state index contributed by atoms with van der Waals surface area (Å²) >= 11 is 0. The van der Waals surface area contributed by atoms with E-state index in [1.54, 1.807) is 17.9 Å². The van der Waals surface area contributed by atoms with Gasteiger partial charge < -0.3 is 14.7 Å². The van der Waals surface area contributed by atoms with E-state index in [1.165, 1.54) is 0 Å². The normalized spacial score (nSPS) is 17.4. The molecule has 1 atom stereocenters. The highest BCUT2D eigenvalue weighted by atomic mass is 16.5. The molecule has 8 nitrogen and oxygen atoms in total. The van der Waals surface area contributed by atoms with Crippen LogP contribution in [0.2, 0.25) is 0 Å². The average molecular weight is 318 g/mol. The van der Waals surface area contributed by atoms with Crippen LogP contribution in [-0.2, 0) is 11.8 Å². The number of aromatic nitrogens is 4. The molecule has 1 N–H and O–H groups in total. The molecule has 124 valence electrons. The first-order valence-corrected chi connectivity index (χ1v) is 7.83. The number of rotatable bonds is 4. The number of hydrogen-bond donors (Lipinski definition) is 1. The van der Waals surface area contributed by atoms with Crippen molar-refractivity contribution in [2.45, 2.75) is 31.7 Å². The van der Waals surface area contributed by atoms with E-state index in [9.17, 15) is 4.79 Å². The first-order chi connectivity index (χ1) is 11.1. The van der Waals surface area contributed by atoms with E-state index >= 15 is 0 Å². The summed E-state index contributed by atoms with van der Waals surface area (Å²) < 4.78 is 6.96. The highest BCUT2D eigenvalue weighted by Crippen LogP contribution is 2.28. The zero-order chi connectivity index (χ0) is 16.4. The van der Waals surface area contributed by atoms with E-state index in [4.69, 9.17) is 4.52 Å². The number of hydrogen-bond acceptors (Lipinski definition) is 6. The van der Waals surface area contributed by atoms with Gasteiger partial charge in [0.25, 0.3) is 0 Å². The Morgan fingerprint density at radius 3 is 2.70 bits per heavy atom. The van der Waals surface area contributed by atoms with Crippen molar-refractivity contribution in [2.24, 2.45) is 7.05 Å². The summed E-state index contributed by atoms with van der Waals surface area (Å²) in [6.45, 7) is 3.21. The summed E-state index contributed by atoms with van der Waals surface area (Å²) in [5, 5.41) is 11.1. The Bertz CT molecular complexity index is 671. The molecule has 23 heavy (non-hydrogen) atoms. The van der Waals surface area contributed by atoms with Crippen LogP contribution in [0.1, 0.15) is 42.1 Å². The fourth-order valence-corrected chi connectivity index (χ4v) is 3.03. The van der Waals surface area contributed by atoms with Gasteiger partial charge in [-0.1, -0.05) is 5.16 Å². The maximum absolute atomic E-state index is 12.8. The summed E-state index contributed by atoms with van der Waals surface area (Å²) in [6.07, 6.45) is 5.29. The molecule has 1 amide bonds. The molecule has 1 fully saturated rings. The van der Waals surface area contributed by atoms with Crippen LogP contribution in [0.25, 0.3) is 0 Å². The van der Waals surface area contributed by atoms with Crippen LogP contribution >= 0.6 is 0 Å². The number of nitrogens with one attached hydrogen (secondary N) is 1. The van der Waals surface area contributed by atoms with Crippen molar-refractivity contribution in [1.82, 2.24) is 30.1 Å². The summed E-state index contributed by atoms with van der Waals surface area (Å²) in [5.41, 5.74) is 0.884. The molecule has 3 heterocycles. The number of likely N-dealkylation sites (tertiary alicyclic amines) is 1. The highest BCUT2D eigenvalue weighted by molar-refractivity contribution is 5.83. The highest BCUT2D eigenvalue weighted by Gasteiger charge is 2.31. The van der Waals surface area contributed by atoms with Gasteiger partial charge in [0.15, 0.2) is 5.82 Å². The Kier molecular flexibility index (Phi) is 4.42. The third-order valence-electron chi connectivity index (χ3n) is 4.29. The second kappa shape index (κ2) is 6.49. The fraction of sp³-hybridized carbons (Fsp3) is 0.600. The largest absolute Gasteiger partial charge is 0.341 e. The lowest BCUT2D eigenvalue weighted by molar-refractivity contribution is -0.134. The van der Waals surface area contributed by atoms with Gasteiger partial charge in [0.1, 0.15) is 6.04 Å². The van der Waals surface area contributed by atoms with E-state index in [0.717, 1.165) is 18.4 Å². The average Bonchev–Trinajstić information content (AvgIpc) is 3.17. The number of piperidine rings is 1. The van der Waals surface area contributed by atoms with Crippen molar-refractivity contribution < 1.29 is 9.32 Å². The van der Waals surface area contributed by atoms with Crippen LogP contribution in [0.4, 0.5) is 0 Å². The van der Waals surface area contributed by atoms with Gasteiger partial charge in [0.05, 0.1) is 6.20 Å². The van der Waals surface area contributed by atoms with Crippen molar-refractivity contribution in [3.63, 3.8) is 0 Å². The number of nitrogens with zero attached hydrogens (tertiary/aromatic N) is 5. The molecule has 0 aromatic carbocycles. The topological polar surface area (TPSA) is 89.1 Å². The summed E-state index contributed by atoms with van der Waals surface area (Å²) in [6, 6.07) is -0.356. The van der Waals surface area contributed by atoms with Gasteiger partial charge in [-0.2, -0.15) is 10.1 Å². The Hall–Kier alpha value is -2.22. The predicted octanol–water partition coefficient (Wildman–Crippen LogP) is 0.778. The number of amides is 1. The molecule has 2 aromatic heterocycles. The van der Waals surface area contributed by atoms with E-state index < -0.39 is 0 Å². The minimum atomic E-state index is -0.356. The number of likely N-dealkylation sites (N-methyl/N-ethyl adjacent to an activating group) is 1. The lowest BCUT2D eigenvalue weighted by Crippen LogP contribution is -2.43. The second-order valence-corrected chi connectivity index (χ2v) is 5.95. The maximum Gasteiger partial charge on any atom is 0.244 e. The molecule has 1 aliphatic heterocycles. The van der Waals surface area contributed by atoms with Gasteiger partial charge >= 0.3 is 0 Å². The van der Waals surface area contributed by atoms with Gasteiger partial charge in [-0.25, -0.2) is 0 Å². The first-order valence-electron chi connectivity index (χ1n) is 7.83. The van der Waals surface area contributed by atoms with Crippen LogP contribution in [0.15, 0.2) is 16.9 Å². The zero-order valence-corrected chi connectivity index (χ0v) is 13.7. The Morgan fingerprint density at radius 1 is 1.43 bits per heavy atom. The molecule has 0 spiro atoms. The van der Waals surface area contributed by atoms with Crippen LogP contribution in [0, 0.1) is 6.92 Å². The standard InChI is InChI=1S/C15H22N6O2/c1-10-18-14(23-19-10)11-4-6-21(7-5-11)15(22)13(16-2)12-8-17-20(3)9-12/h8-9,11,13,16H,4-7H2,1-3H3. The van der Waals surface area contributed by atoms with Gasteiger partial charge in [-0.15, -0.1) is 0 Å². The molecule has 8 heteroatoms. The van der Waals surface area contributed by atoms with Gasteiger partial charge in [-0.3, -0.25) is 9.48 Å². The molecule has 2 aromatic rings. The predicted molar refractivity (Wildman–Crippen MR) is 82.6 cm³/mol. The van der Waals surface area contributed by atoms with Crippen LogP contribution < -0.4 is 5.32 Å². The molecular formula is C15H22N6O2. The monoisotopic (exact) mass is 318 g/mol. The fourth-order valence-electron chi connectivity index (χ4n) is 3.03. The van der Waals surface area contributed by atoms with Crippen LogP contribution in [0.3, 0.4) is 0 Å². The first kappa shape index (κ1) is 15.7. The minimum absolute atomic E-state index is 0.0839. The number of carbonyl (C=O) groups is 1. The van der Waals surface area contributed by atoms with E-state index in [2.05, 4.69) is 20.6 Å². The molecule has 0 radical (unpaired) electrons.